The predicted octanol–water partition coefficient (Wildman–Crippen LogP) is 7.36. The Morgan fingerprint density at radius 1 is 1.05 bits per heavy atom. The Labute approximate surface area is 222 Å². The lowest BCUT2D eigenvalue weighted by molar-refractivity contribution is -0.140. The fraction of sp³-hybridized carbons (Fsp3) is 0.348. The standard InChI is InChI=1S/C23H19Cl2F8NO3S/c1-3-38(36,37)10-11(2)34-21(35)14-5-4-12(6-16(14)23(31,32)33)19(26)9-15(22(28,29)30)13-7-17(24)20(27)18(25)8-13/h4-9,11,15H,3,10H2,1-2H3,(H,34,35)/b19-9-/t11-,15?/m1/s1. The number of halogens is 10. The number of hydrogen-bond acceptors (Lipinski definition) is 3. The molecule has 0 saturated carbocycles. The normalized spacial score (nSPS) is 14.8. The highest BCUT2D eigenvalue weighted by Crippen LogP contribution is 2.41. The van der Waals surface area contributed by atoms with E-state index in [1.54, 1.807) is 0 Å². The van der Waals surface area contributed by atoms with Crippen molar-refractivity contribution in [1.29, 1.82) is 0 Å². The Bertz CT molecular complexity index is 1320. The van der Waals surface area contributed by atoms with Gasteiger partial charge in [0.05, 0.1) is 26.9 Å². The fourth-order valence-electron chi connectivity index (χ4n) is 3.34. The van der Waals surface area contributed by atoms with Gasteiger partial charge in [0, 0.05) is 17.4 Å². The highest BCUT2D eigenvalue weighted by atomic mass is 35.5. The molecule has 0 aliphatic rings. The molecule has 0 bridgehead atoms. The number of sulfone groups is 1. The zero-order chi connectivity index (χ0) is 29.2. The van der Waals surface area contributed by atoms with E-state index < -0.39 is 89.8 Å². The Morgan fingerprint density at radius 2 is 1.61 bits per heavy atom. The summed E-state index contributed by atoms with van der Waals surface area (Å²) in [5.74, 6) is -7.86. The van der Waals surface area contributed by atoms with Crippen molar-refractivity contribution in [3.8, 4) is 0 Å². The molecule has 1 unspecified atom stereocenters. The van der Waals surface area contributed by atoms with Gasteiger partial charge >= 0.3 is 12.4 Å². The number of amides is 1. The maximum Gasteiger partial charge on any atom is 0.417 e. The first kappa shape index (κ1) is 31.8. The maximum atomic E-state index is 14.9. The van der Waals surface area contributed by atoms with Crippen LogP contribution >= 0.6 is 23.2 Å². The number of hydrogen-bond donors (Lipinski definition) is 1. The summed E-state index contributed by atoms with van der Waals surface area (Å²) in [6, 6.07) is 1.38. The van der Waals surface area contributed by atoms with E-state index in [1.165, 1.54) is 13.8 Å². The Kier molecular flexibility index (Phi) is 9.87. The van der Waals surface area contributed by atoms with Crippen molar-refractivity contribution in [3.05, 3.63) is 74.5 Å². The van der Waals surface area contributed by atoms with Crippen LogP contribution in [-0.4, -0.2) is 38.0 Å². The molecule has 2 rings (SSSR count). The van der Waals surface area contributed by atoms with Gasteiger partial charge in [-0.15, -0.1) is 0 Å². The van der Waals surface area contributed by atoms with Crippen LogP contribution in [0.15, 0.2) is 36.4 Å². The molecule has 0 aromatic heterocycles. The molecular weight excluding hydrogens is 593 g/mol. The van der Waals surface area contributed by atoms with Crippen molar-refractivity contribution < 1.29 is 48.3 Å². The first-order chi connectivity index (χ1) is 17.3. The Balaban J connectivity index is 2.52. The minimum atomic E-state index is -5.23. The zero-order valence-electron chi connectivity index (χ0n) is 19.4. The summed E-state index contributed by atoms with van der Waals surface area (Å²) >= 11 is 11.1. The van der Waals surface area contributed by atoms with Crippen LogP contribution in [0, 0.1) is 5.82 Å². The fourth-order valence-corrected chi connectivity index (χ4v) is 4.93. The van der Waals surface area contributed by atoms with E-state index in [0.29, 0.717) is 24.3 Å². The first-order valence-corrected chi connectivity index (χ1v) is 13.2. The molecule has 0 fully saturated rings. The lowest BCUT2D eigenvalue weighted by atomic mass is 9.95. The van der Waals surface area contributed by atoms with Crippen LogP contribution in [0.3, 0.4) is 0 Å². The lowest BCUT2D eigenvalue weighted by Gasteiger charge is -2.19. The summed E-state index contributed by atoms with van der Waals surface area (Å²) < 4.78 is 134. The third-order valence-corrected chi connectivity index (χ3v) is 7.64. The summed E-state index contributed by atoms with van der Waals surface area (Å²) in [7, 11) is -3.58. The second-order valence-electron chi connectivity index (χ2n) is 8.16. The first-order valence-electron chi connectivity index (χ1n) is 10.6. The van der Waals surface area contributed by atoms with Gasteiger partial charge in [0.1, 0.15) is 11.7 Å². The predicted molar refractivity (Wildman–Crippen MR) is 127 cm³/mol. The number of alkyl halides is 6. The number of benzene rings is 2. The molecule has 0 aliphatic carbocycles. The third-order valence-electron chi connectivity index (χ3n) is 5.20. The largest absolute Gasteiger partial charge is 0.417 e. The van der Waals surface area contributed by atoms with Gasteiger partial charge in [0.25, 0.3) is 5.91 Å². The molecule has 0 spiro atoms. The van der Waals surface area contributed by atoms with Gasteiger partial charge in [-0.3, -0.25) is 4.79 Å². The van der Waals surface area contributed by atoms with Gasteiger partial charge in [-0.25, -0.2) is 17.2 Å². The molecule has 0 saturated heterocycles. The summed E-state index contributed by atoms with van der Waals surface area (Å²) in [6.45, 7) is 2.59. The highest BCUT2D eigenvalue weighted by Gasteiger charge is 2.41. The van der Waals surface area contributed by atoms with Crippen LogP contribution in [0.25, 0.3) is 5.83 Å². The number of carbonyl (C=O) groups excluding carboxylic acids is 1. The van der Waals surface area contributed by atoms with E-state index in [9.17, 15) is 48.3 Å². The minimum Gasteiger partial charge on any atom is -0.349 e. The molecule has 2 atom stereocenters. The maximum absolute atomic E-state index is 14.9. The van der Waals surface area contributed by atoms with Gasteiger partial charge < -0.3 is 5.32 Å². The second kappa shape index (κ2) is 11.8. The SMILES string of the molecule is CCS(=O)(=O)C[C@@H](C)NC(=O)c1ccc(/C(F)=C/C(c2cc(Cl)c(F)c(Cl)c2)C(F)(F)F)cc1C(F)(F)F. The van der Waals surface area contributed by atoms with E-state index in [4.69, 9.17) is 23.2 Å². The molecule has 1 amide bonds. The third kappa shape index (κ3) is 8.06. The van der Waals surface area contributed by atoms with Gasteiger partial charge in [0.15, 0.2) is 15.7 Å². The van der Waals surface area contributed by atoms with E-state index in [1.807, 2.05) is 0 Å². The molecular formula is C23H19Cl2F8NO3S. The van der Waals surface area contributed by atoms with Crippen molar-refractivity contribution in [2.75, 3.05) is 11.5 Å². The van der Waals surface area contributed by atoms with Crippen molar-refractivity contribution >= 4 is 44.8 Å². The Morgan fingerprint density at radius 3 is 2.08 bits per heavy atom. The summed E-state index contributed by atoms with van der Waals surface area (Å²) in [4.78, 5) is 12.4. The molecule has 0 aliphatic heterocycles. The average Bonchev–Trinajstić information content (AvgIpc) is 2.78. The molecule has 1 N–H and O–H groups in total. The van der Waals surface area contributed by atoms with E-state index in [0.717, 1.165) is 0 Å². The van der Waals surface area contributed by atoms with Crippen LogP contribution in [0.4, 0.5) is 35.1 Å². The topological polar surface area (TPSA) is 63.2 Å². The quantitative estimate of drug-likeness (QED) is 0.250. The van der Waals surface area contributed by atoms with E-state index in [2.05, 4.69) is 5.32 Å². The molecule has 2 aromatic rings. The molecule has 4 nitrogen and oxygen atoms in total. The van der Waals surface area contributed by atoms with Crippen molar-refractivity contribution in [3.63, 3.8) is 0 Å². The summed E-state index contributed by atoms with van der Waals surface area (Å²) in [5, 5.41) is 0.534. The van der Waals surface area contributed by atoms with Crippen LogP contribution in [0.2, 0.25) is 10.0 Å². The number of nitrogens with one attached hydrogen (secondary N) is 1. The summed E-state index contributed by atoms with van der Waals surface area (Å²) in [6.07, 6.45) is -10.4. The van der Waals surface area contributed by atoms with Crippen LogP contribution in [0.1, 0.15) is 46.8 Å². The van der Waals surface area contributed by atoms with Crippen molar-refractivity contribution in [2.45, 2.75) is 38.2 Å². The van der Waals surface area contributed by atoms with Crippen molar-refractivity contribution in [1.82, 2.24) is 5.32 Å². The monoisotopic (exact) mass is 611 g/mol. The smallest absolute Gasteiger partial charge is 0.349 e. The van der Waals surface area contributed by atoms with Crippen LogP contribution in [0.5, 0.6) is 0 Å². The summed E-state index contributed by atoms with van der Waals surface area (Å²) in [5.41, 5.74) is -4.38. The molecule has 2 aromatic carbocycles. The second-order valence-corrected chi connectivity index (χ2v) is 11.4. The van der Waals surface area contributed by atoms with Gasteiger partial charge in [0.2, 0.25) is 0 Å². The van der Waals surface area contributed by atoms with E-state index >= 15 is 0 Å². The average molecular weight is 612 g/mol. The number of rotatable bonds is 8. The van der Waals surface area contributed by atoms with Gasteiger partial charge in [-0.2, -0.15) is 26.3 Å². The molecule has 0 radical (unpaired) electrons. The number of carbonyl (C=O) groups is 1. The molecule has 38 heavy (non-hydrogen) atoms. The van der Waals surface area contributed by atoms with Crippen molar-refractivity contribution in [2.24, 2.45) is 0 Å². The van der Waals surface area contributed by atoms with Crippen LogP contribution in [-0.2, 0) is 16.0 Å². The van der Waals surface area contributed by atoms with Gasteiger partial charge in [-0.1, -0.05) is 36.2 Å². The zero-order valence-corrected chi connectivity index (χ0v) is 21.8. The molecule has 210 valence electrons. The van der Waals surface area contributed by atoms with Gasteiger partial charge in [-0.05, 0) is 42.8 Å². The lowest BCUT2D eigenvalue weighted by Crippen LogP contribution is -2.38. The highest BCUT2D eigenvalue weighted by molar-refractivity contribution is 7.91. The van der Waals surface area contributed by atoms with Crippen LogP contribution < -0.4 is 5.32 Å². The molecule has 15 heteroatoms. The minimum absolute atomic E-state index is 0.0349. The van der Waals surface area contributed by atoms with E-state index in [-0.39, 0.29) is 17.9 Å². The molecule has 0 heterocycles. The number of allylic oxidation sites excluding steroid dienone is 1. The Hall–Kier alpha value is -2.38.